The molecular weight excluding hydrogens is 292 g/mol. The lowest BCUT2D eigenvalue weighted by Crippen LogP contribution is -2.04. The van der Waals surface area contributed by atoms with E-state index in [0.717, 1.165) is 17.3 Å². The molecule has 7 heteroatoms. The minimum Gasteiger partial charge on any atom is -0.364 e. The van der Waals surface area contributed by atoms with Crippen molar-refractivity contribution in [1.29, 1.82) is 0 Å². The van der Waals surface area contributed by atoms with Crippen LogP contribution in [0, 0.1) is 0 Å². The summed E-state index contributed by atoms with van der Waals surface area (Å²) in [7, 11) is 0. The van der Waals surface area contributed by atoms with Crippen LogP contribution in [0.15, 0.2) is 36.9 Å². The molecule has 116 valence electrons. The van der Waals surface area contributed by atoms with Crippen LogP contribution < -0.4 is 10.6 Å². The molecule has 0 aromatic carbocycles. The Bertz CT molecular complexity index is 855. The van der Waals surface area contributed by atoms with Crippen molar-refractivity contribution in [3.8, 4) is 0 Å². The Kier molecular flexibility index (Phi) is 3.38. The summed E-state index contributed by atoms with van der Waals surface area (Å²) >= 11 is 0. The van der Waals surface area contributed by atoms with Gasteiger partial charge in [0.05, 0.1) is 12.2 Å². The SMILES string of the molecule is O=CNc1cc(NCc2cn3cc(C4CC4)ccc3n2)ncn1. The van der Waals surface area contributed by atoms with E-state index in [0.29, 0.717) is 24.6 Å². The first kappa shape index (κ1) is 13.7. The number of amides is 1. The van der Waals surface area contributed by atoms with Crippen molar-refractivity contribution in [3.63, 3.8) is 0 Å². The number of imidazole rings is 1. The van der Waals surface area contributed by atoms with Gasteiger partial charge < -0.3 is 15.0 Å². The third kappa shape index (κ3) is 2.98. The summed E-state index contributed by atoms with van der Waals surface area (Å²) in [6, 6.07) is 5.91. The standard InChI is InChI=1S/C16H16N6O/c23-10-20-15-5-14(18-9-19-15)17-6-13-8-22-7-12(11-1-2-11)3-4-16(22)21-13/h3-5,7-11H,1-2,6H2,(H2,17,18,19,20,23). The monoisotopic (exact) mass is 308 g/mol. The van der Waals surface area contributed by atoms with E-state index in [1.165, 1.54) is 24.7 Å². The molecule has 1 aliphatic carbocycles. The molecule has 2 N–H and O–H groups in total. The molecule has 0 saturated heterocycles. The first-order valence-electron chi connectivity index (χ1n) is 7.55. The summed E-state index contributed by atoms with van der Waals surface area (Å²) in [5.41, 5.74) is 3.26. The highest BCUT2D eigenvalue weighted by Gasteiger charge is 2.23. The van der Waals surface area contributed by atoms with Crippen molar-refractivity contribution >= 4 is 23.7 Å². The van der Waals surface area contributed by atoms with Crippen LogP contribution in [0.4, 0.5) is 11.6 Å². The normalized spacial score (nSPS) is 13.9. The van der Waals surface area contributed by atoms with Gasteiger partial charge in [0.2, 0.25) is 6.41 Å². The maximum absolute atomic E-state index is 10.4. The minimum atomic E-state index is 0.460. The molecular formula is C16H16N6O. The third-order valence-corrected chi connectivity index (χ3v) is 3.90. The predicted molar refractivity (Wildman–Crippen MR) is 86.2 cm³/mol. The van der Waals surface area contributed by atoms with Crippen molar-refractivity contribution in [2.75, 3.05) is 10.6 Å². The molecule has 3 heterocycles. The van der Waals surface area contributed by atoms with Crippen LogP contribution in [-0.4, -0.2) is 25.8 Å². The summed E-state index contributed by atoms with van der Waals surface area (Å²) in [5, 5.41) is 5.69. The maximum atomic E-state index is 10.4. The Morgan fingerprint density at radius 2 is 2.09 bits per heavy atom. The van der Waals surface area contributed by atoms with E-state index >= 15 is 0 Å². The van der Waals surface area contributed by atoms with Gasteiger partial charge in [0.1, 0.15) is 23.6 Å². The highest BCUT2D eigenvalue weighted by atomic mass is 16.1. The highest BCUT2D eigenvalue weighted by Crippen LogP contribution is 2.39. The topological polar surface area (TPSA) is 84.2 Å². The number of aromatic nitrogens is 4. The molecule has 1 saturated carbocycles. The van der Waals surface area contributed by atoms with Gasteiger partial charge in [-0.15, -0.1) is 0 Å². The van der Waals surface area contributed by atoms with E-state index in [-0.39, 0.29) is 0 Å². The highest BCUT2D eigenvalue weighted by molar-refractivity contribution is 5.69. The van der Waals surface area contributed by atoms with Crippen LogP contribution >= 0.6 is 0 Å². The number of nitrogens with one attached hydrogen (secondary N) is 2. The van der Waals surface area contributed by atoms with Gasteiger partial charge in [0, 0.05) is 18.5 Å². The fraction of sp³-hybridized carbons (Fsp3) is 0.250. The summed E-state index contributed by atoms with van der Waals surface area (Å²) < 4.78 is 2.07. The lowest BCUT2D eigenvalue weighted by Gasteiger charge is -2.04. The molecule has 7 nitrogen and oxygen atoms in total. The van der Waals surface area contributed by atoms with E-state index in [9.17, 15) is 4.79 Å². The van der Waals surface area contributed by atoms with E-state index in [4.69, 9.17) is 0 Å². The Morgan fingerprint density at radius 3 is 2.91 bits per heavy atom. The zero-order valence-corrected chi connectivity index (χ0v) is 12.4. The van der Waals surface area contributed by atoms with Crippen LogP contribution in [0.25, 0.3) is 5.65 Å². The van der Waals surface area contributed by atoms with Gasteiger partial charge in [-0.3, -0.25) is 4.79 Å². The van der Waals surface area contributed by atoms with Gasteiger partial charge in [0.25, 0.3) is 0 Å². The predicted octanol–water partition coefficient (Wildman–Crippen LogP) is 2.18. The molecule has 4 rings (SSSR count). The zero-order chi connectivity index (χ0) is 15.6. The maximum Gasteiger partial charge on any atom is 0.212 e. The first-order valence-corrected chi connectivity index (χ1v) is 7.55. The van der Waals surface area contributed by atoms with E-state index in [1.807, 2.05) is 6.20 Å². The number of anilines is 2. The largest absolute Gasteiger partial charge is 0.364 e. The number of rotatable bonds is 6. The second-order valence-electron chi connectivity index (χ2n) is 5.64. The van der Waals surface area contributed by atoms with Crippen LogP contribution in [0.5, 0.6) is 0 Å². The number of fused-ring (bicyclic) bond motifs is 1. The quantitative estimate of drug-likeness (QED) is 0.682. The van der Waals surface area contributed by atoms with Crippen LogP contribution in [-0.2, 0) is 11.3 Å². The fourth-order valence-electron chi connectivity index (χ4n) is 2.58. The first-order chi connectivity index (χ1) is 11.3. The molecule has 0 bridgehead atoms. The van der Waals surface area contributed by atoms with Crippen LogP contribution in [0.3, 0.4) is 0 Å². The molecule has 0 unspecified atom stereocenters. The summed E-state index contributed by atoms with van der Waals surface area (Å²) in [5.74, 6) is 1.83. The second kappa shape index (κ2) is 5.68. The average molecular weight is 308 g/mol. The number of nitrogens with zero attached hydrogens (tertiary/aromatic N) is 4. The fourth-order valence-corrected chi connectivity index (χ4v) is 2.58. The number of pyridine rings is 1. The van der Waals surface area contributed by atoms with E-state index in [2.05, 4.69) is 48.3 Å². The molecule has 0 radical (unpaired) electrons. The minimum absolute atomic E-state index is 0.460. The smallest absolute Gasteiger partial charge is 0.212 e. The second-order valence-corrected chi connectivity index (χ2v) is 5.64. The number of hydrogen-bond acceptors (Lipinski definition) is 5. The van der Waals surface area contributed by atoms with Crippen molar-refractivity contribution in [3.05, 3.63) is 48.2 Å². The van der Waals surface area contributed by atoms with Gasteiger partial charge in [-0.25, -0.2) is 15.0 Å². The summed E-state index contributed by atoms with van der Waals surface area (Å²) in [6.45, 7) is 0.554. The van der Waals surface area contributed by atoms with Crippen LogP contribution in [0.1, 0.15) is 30.0 Å². The lowest BCUT2D eigenvalue weighted by molar-refractivity contribution is -0.105. The summed E-state index contributed by atoms with van der Waals surface area (Å²) in [6.07, 6.45) is 8.77. The Morgan fingerprint density at radius 1 is 1.22 bits per heavy atom. The number of carbonyl (C=O) groups is 1. The van der Waals surface area contributed by atoms with E-state index in [1.54, 1.807) is 6.07 Å². The Balaban J connectivity index is 1.49. The molecule has 3 aromatic heterocycles. The average Bonchev–Trinajstić information content (AvgIpc) is 3.33. The van der Waals surface area contributed by atoms with Crippen molar-refractivity contribution in [1.82, 2.24) is 19.4 Å². The molecule has 1 fully saturated rings. The summed E-state index contributed by atoms with van der Waals surface area (Å²) in [4.78, 5) is 23.1. The molecule has 1 amide bonds. The lowest BCUT2D eigenvalue weighted by atomic mass is 10.2. The van der Waals surface area contributed by atoms with E-state index < -0.39 is 0 Å². The molecule has 0 aliphatic heterocycles. The van der Waals surface area contributed by atoms with Gasteiger partial charge in [-0.2, -0.15) is 0 Å². The Hall–Kier alpha value is -2.96. The van der Waals surface area contributed by atoms with Crippen LogP contribution in [0.2, 0.25) is 0 Å². The van der Waals surface area contributed by atoms with Crippen molar-refractivity contribution in [2.45, 2.75) is 25.3 Å². The molecule has 0 atom stereocenters. The van der Waals surface area contributed by atoms with Gasteiger partial charge in [-0.1, -0.05) is 6.07 Å². The molecule has 0 spiro atoms. The molecule has 23 heavy (non-hydrogen) atoms. The van der Waals surface area contributed by atoms with Gasteiger partial charge in [-0.05, 0) is 30.4 Å². The van der Waals surface area contributed by atoms with Crippen molar-refractivity contribution in [2.24, 2.45) is 0 Å². The van der Waals surface area contributed by atoms with Crippen molar-refractivity contribution < 1.29 is 4.79 Å². The molecule has 3 aromatic rings. The Labute approximate surface area is 132 Å². The number of hydrogen-bond donors (Lipinski definition) is 2. The van der Waals surface area contributed by atoms with Gasteiger partial charge in [0.15, 0.2) is 0 Å². The zero-order valence-electron chi connectivity index (χ0n) is 12.4. The molecule has 1 aliphatic rings. The third-order valence-electron chi connectivity index (χ3n) is 3.90. The number of carbonyl (C=O) groups excluding carboxylic acids is 1. The van der Waals surface area contributed by atoms with Gasteiger partial charge >= 0.3 is 0 Å².